The molecule has 12 heteroatoms. The third-order valence-corrected chi connectivity index (χ3v) is 17.1. The minimum atomic E-state index is -2.32. The van der Waals surface area contributed by atoms with Crippen LogP contribution in [-0.4, -0.2) is 67.0 Å². The Morgan fingerprint density at radius 1 is 1.03 bits per heavy atom. The fraction of sp³-hybridized carbons (Fsp3) is 0.692. The van der Waals surface area contributed by atoms with Crippen molar-refractivity contribution in [3.63, 3.8) is 0 Å². The van der Waals surface area contributed by atoms with Crippen LogP contribution in [0.15, 0.2) is 24.8 Å². The Hall–Kier alpha value is -2.13. The van der Waals surface area contributed by atoms with Crippen LogP contribution >= 0.6 is 0 Å². The molecule has 1 aliphatic heterocycles. The summed E-state index contributed by atoms with van der Waals surface area (Å²) < 4.78 is 28.1. The number of nitrogen functional groups attached to an aromatic ring is 1. The average Bonchev–Trinajstić information content (AvgIpc) is 3.32. The number of carbonyl (C=O) groups is 1. The quantitative estimate of drug-likeness (QED) is 0.262. The van der Waals surface area contributed by atoms with Crippen LogP contribution in [0.5, 0.6) is 0 Å². The Morgan fingerprint density at radius 2 is 1.58 bits per heavy atom. The molecule has 4 atom stereocenters. The van der Waals surface area contributed by atoms with Crippen molar-refractivity contribution >= 4 is 39.6 Å². The van der Waals surface area contributed by atoms with E-state index in [9.17, 15) is 4.79 Å². The van der Waals surface area contributed by atoms with Gasteiger partial charge in [-0.05, 0) is 43.2 Å². The van der Waals surface area contributed by atoms with Crippen LogP contribution in [0.3, 0.4) is 0 Å². The lowest BCUT2D eigenvalue weighted by atomic mass is 10.1. The van der Waals surface area contributed by atoms with Crippen LogP contribution in [0, 0.1) is 0 Å². The van der Waals surface area contributed by atoms with Gasteiger partial charge in [-0.1, -0.05) is 48.1 Å². The lowest BCUT2D eigenvalue weighted by Gasteiger charge is -2.44. The molecule has 2 aromatic rings. The standard InChI is InChI=1S/C26H45N5O5Si2/c1-16(2)24(32)33-13-17-19(35-37(9,10)25(3,4)5)20(36-38(11,12)26(6,7)8)23(34-17)31-15-30-18-21(27)28-14-29-22(18)31/h14-15,17,19-20,23H,1,13H2,2-12H3,(H2,27,28,29)/t17-,19-,20-,23-/m1/s1. The van der Waals surface area contributed by atoms with Crippen molar-refractivity contribution in [2.24, 2.45) is 0 Å². The lowest BCUT2D eigenvalue weighted by molar-refractivity contribution is -0.145. The molecule has 10 nitrogen and oxygen atoms in total. The van der Waals surface area contributed by atoms with Crippen molar-refractivity contribution in [1.82, 2.24) is 19.5 Å². The number of carbonyl (C=O) groups excluding carboxylic acids is 1. The van der Waals surface area contributed by atoms with Gasteiger partial charge >= 0.3 is 5.97 Å². The summed E-state index contributed by atoms with van der Waals surface area (Å²) in [6.07, 6.45) is 0.838. The summed E-state index contributed by atoms with van der Waals surface area (Å²) >= 11 is 0. The number of esters is 1. The molecule has 212 valence electrons. The first-order valence-electron chi connectivity index (χ1n) is 13.0. The second kappa shape index (κ2) is 10.5. The second-order valence-electron chi connectivity index (χ2n) is 13.2. The molecule has 0 radical (unpaired) electrons. The number of imidazole rings is 1. The smallest absolute Gasteiger partial charge is 0.333 e. The van der Waals surface area contributed by atoms with E-state index in [0.29, 0.717) is 16.7 Å². The van der Waals surface area contributed by atoms with E-state index in [-0.39, 0.29) is 22.5 Å². The number of hydrogen-bond donors (Lipinski definition) is 1. The first-order chi connectivity index (χ1) is 17.3. The maximum absolute atomic E-state index is 12.3. The van der Waals surface area contributed by atoms with Crippen LogP contribution in [0.1, 0.15) is 54.7 Å². The van der Waals surface area contributed by atoms with Gasteiger partial charge in [0.05, 0.1) is 6.33 Å². The number of ether oxygens (including phenoxy) is 2. The lowest BCUT2D eigenvalue weighted by Crippen LogP contribution is -2.54. The monoisotopic (exact) mass is 563 g/mol. The second-order valence-corrected chi connectivity index (χ2v) is 22.7. The zero-order valence-electron chi connectivity index (χ0n) is 24.8. The number of hydrogen-bond acceptors (Lipinski definition) is 9. The number of nitrogens with two attached hydrogens (primary N) is 1. The molecule has 0 amide bonds. The van der Waals surface area contributed by atoms with Crippen molar-refractivity contribution in [2.45, 2.75) is 109 Å². The molecule has 1 aliphatic rings. The highest BCUT2D eigenvalue weighted by Crippen LogP contribution is 2.46. The highest BCUT2D eigenvalue weighted by Gasteiger charge is 2.54. The minimum Gasteiger partial charge on any atom is -0.459 e. The maximum atomic E-state index is 12.3. The van der Waals surface area contributed by atoms with Crippen LogP contribution in [-0.2, 0) is 23.1 Å². The van der Waals surface area contributed by atoms with Gasteiger partial charge in [0.25, 0.3) is 0 Å². The number of rotatable bonds is 8. The number of nitrogens with zero attached hydrogens (tertiary/aromatic N) is 4. The highest BCUT2D eigenvalue weighted by molar-refractivity contribution is 6.74. The third kappa shape index (κ3) is 6.04. The van der Waals surface area contributed by atoms with Gasteiger partial charge in [0.2, 0.25) is 0 Å². The predicted molar refractivity (Wildman–Crippen MR) is 154 cm³/mol. The third-order valence-electron chi connectivity index (χ3n) is 8.15. The topological polar surface area (TPSA) is 124 Å². The molecule has 1 saturated heterocycles. The Morgan fingerprint density at radius 3 is 2.11 bits per heavy atom. The van der Waals surface area contributed by atoms with Gasteiger partial charge in [0.1, 0.15) is 36.8 Å². The predicted octanol–water partition coefficient (Wildman–Crippen LogP) is 5.21. The summed E-state index contributed by atoms with van der Waals surface area (Å²) in [7, 11) is -4.62. The molecule has 0 saturated carbocycles. The van der Waals surface area contributed by atoms with Gasteiger partial charge < -0.3 is 24.1 Å². The van der Waals surface area contributed by atoms with E-state index in [4.69, 9.17) is 24.1 Å². The molecule has 3 heterocycles. The molecule has 2 aromatic heterocycles. The molecule has 0 aliphatic carbocycles. The van der Waals surface area contributed by atoms with Gasteiger partial charge in [-0.15, -0.1) is 0 Å². The first-order valence-corrected chi connectivity index (χ1v) is 18.9. The largest absolute Gasteiger partial charge is 0.459 e. The van der Waals surface area contributed by atoms with E-state index >= 15 is 0 Å². The molecule has 0 spiro atoms. The summed E-state index contributed by atoms with van der Waals surface area (Å²) in [5.41, 5.74) is 7.43. The van der Waals surface area contributed by atoms with E-state index in [1.807, 2.05) is 4.57 Å². The molecule has 0 unspecified atom stereocenters. The van der Waals surface area contributed by atoms with Crippen molar-refractivity contribution in [3.8, 4) is 0 Å². The fourth-order valence-corrected chi connectivity index (χ4v) is 6.31. The molecule has 2 N–H and O–H groups in total. The Labute approximate surface area is 228 Å². The van der Waals surface area contributed by atoms with Gasteiger partial charge in [-0.2, -0.15) is 0 Å². The highest BCUT2D eigenvalue weighted by atomic mass is 28.4. The molecule has 38 heavy (non-hydrogen) atoms. The van der Waals surface area contributed by atoms with Crippen LogP contribution in [0.2, 0.25) is 36.3 Å². The molecule has 1 fully saturated rings. The van der Waals surface area contributed by atoms with E-state index in [1.165, 1.54) is 6.33 Å². The Kier molecular flexibility index (Phi) is 8.37. The molecule has 3 rings (SSSR count). The number of anilines is 1. The summed E-state index contributed by atoms with van der Waals surface area (Å²) in [5.74, 6) is -0.187. The zero-order valence-corrected chi connectivity index (χ0v) is 26.8. The normalized spacial score (nSPS) is 23.1. The summed E-state index contributed by atoms with van der Waals surface area (Å²) in [6.45, 7) is 27.3. The van der Waals surface area contributed by atoms with E-state index in [1.54, 1.807) is 13.3 Å². The summed E-state index contributed by atoms with van der Waals surface area (Å²) in [5, 5.41) is -0.123. The van der Waals surface area contributed by atoms with Crippen molar-refractivity contribution in [1.29, 1.82) is 0 Å². The van der Waals surface area contributed by atoms with E-state index < -0.39 is 47.1 Å². The van der Waals surface area contributed by atoms with Gasteiger partial charge in [0, 0.05) is 5.57 Å². The van der Waals surface area contributed by atoms with E-state index in [2.05, 4.69) is 89.3 Å². The van der Waals surface area contributed by atoms with Crippen molar-refractivity contribution in [3.05, 3.63) is 24.8 Å². The Balaban J connectivity index is 2.13. The van der Waals surface area contributed by atoms with Crippen molar-refractivity contribution < 1.29 is 23.1 Å². The van der Waals surface area contributed by atoms with Gasteiger partial charge in [0.15, 0.2) is 34.3 Å². The zero-order chi connectivity index (χ0) is 28.8. The SMILES string of the molecule is C=C(C)C(=O)OC[C@H]1O[C@@H](n2cnc3c(N)ncnc32)[C@H](O[Si](C)(C)C(C)(C)C)[C@@H]1O[Si](C)(C)C(C)(C)C. The molecule has 0 bridgehead atoms. The van der Waals surface area contributed by atoms with Gasteiger partial charge in [-0.25, -0.2) is 19.7 Å². The Bertz CT molecular complexity index is 1180. The van der Waals surface area contributed by atoms with Crippen LogP contribution in [0.4, 0.5) is 5.82 Å². The van der Waals surface area contributed by atoms with Gasteiger partial charge in [-0.3, -0.25) is 4.57 Å². The molecular formula is C26H45N5O5Si2. The first kappa shape index (κ1) is 30.4. The van der Waals surface area contributed by atoms with E-state index in [0.717, 1.165) is 0 Å². The number of aromatic nitrogens is 4. The average molecular weight is 564 g/mol. The minimum absolute atomic E-state index is 0.00258. The summed E-state index contributed by atoms with van der Waals surface area (Å²) in [4.78, 5) is 25.3. The number of fused-ring (bicyclic) bond motifs is 1. The van der Waals surface area contributed by atoms with Crippen molar-refractivity contribution in [2.75, 3.05) is 12.3 Å². The summed E-state index contributed by atoms with van der Waals surface area (Å²) in [6, 6.07) is 0. The van der Waals surface area contributed by atoms with Crippen LogP contribution in [0.25, 0.3) is 11.2 Å². The van der Waals surface area contributed by atoms with Crippen LogP contribution < -0.4 is 5.73 Å². The maximum Gasteiger partial charge on any atom is 0.333 e. The molecular weight excluding hydrogens is 518 g/mol. The molecule has 0 aromatic carbocycles. The fourth-order valence-electron chi connectivity index (χ4n) is 3.71.